The van der Waals surface area contributed by atoms with E-state index in [4.69, 9.17) is 5.26 Å². The predicted octanol–water partition coefficient (Wildman–Crippen LogP) is 3.11. The number of fused-ring (bicyclic) bond motifs is 1. The summed E-state index contributed by atoms with van der Waals surface area (Å²) in [5.41, 5.74) is 3.68. The van der Waals surface area contributed by atoms with Crippen molar-refractivity contribution in [1.82, 2.24) is 9.55 Å². The first-order chi connectivity index (χ1) is 8.79. The van der Waals surface area contributed by atoms with Crippen molar-refractivity contribution in [3.8, 4) is 17.5 Å². The van der Waals surface area contributed by atoms with Gasteiger partial charge in [0.05, 0.1) is 22.7 Å². The number of nitrogens with zero attached hydrogens (tertiary/aromatic N) is 3. The molecule has 0 aliphatic heterocycles. The third-order valence-corrected chi connectivity index (χ3v) is 3.04. The molecule has 0 spiro atoms. The second-order valence-corrected chi connectivity index (χ2v) is 4.18. The summed E-state index contributed by atoms with van der Waals surface area (Å²) in [5, 5.41) is 8.94. The molecule has 0 saturated carbocycles. The summed E-state index contributed by atoms with van der Waals surface area (Å²) in [7, 11) is 1.99. The molecule has 86 valence electrons. The first-order valence-electron chi connectivity index (χ1n) is 5.71. The normalized spacial score (nSPS) is 10.4. The molecule has 0 saturated heterocycles. The maximum atomic E-state index is 8.94. The Morgan fingerprint density at radius 2 is 1.94 bits per heavy atom. The molecular weight excluding hydrogens is 222 g/mol. The van der Waals surface area contributed by atoms with Crippen molar-refractivity contribution < 1.29 is 0 Å². The van der Waals surface area contributed by atoms with Gasteiger partial charge in [-0.1, -0.05) is 24.3 Å². The minimum atomic E-state index is 0.652. The Morgan fingerprint density at radius 3 is 2.72 bits per heavy atom. The molecule has 0 unspecified atom stereocenters. The van der Waals surface area contributed by atoms with E-state index in [1.807, 2.05) is 54.1 Å². The standard InChI is InChI=1S/C15H11N3/c1-18-14-8-3-2-7-13(14)17-15(18)12-6-4-5-11(9-12)10-16/h2-9H,1H3. The van der Waals surface area contributed by atoms with Crippen LogP contribution in [0.2, 0.25) is 0 Å². The van der Waals surface area contributed by atoms with E-state index in [9.17, 15) is 0 Å². The molecule has 0 bridgehead atoms. The lowest BCUT2D eigenvalue weighted by atomic mass is 10.1. The Kier molecular flexibility index (Phi) is 2.35. The van der Waals surface area contributed by atoms with Gasteiger partial charge in [0.25, 0.3) is 0 Å². The molecule has 0 aliphatic carbocycles. The van der Waals surface area contributed by atoms with Crippen molar-refractivity contribution in [1.29, 1.82) is 5.26 Å². The summed E-state index contributed by atoms with van der Waals surface area (Å²) in [6.07, 6.45) is 0. The molecule has 2 aromatic carbocycles. The maximum absolute atomic E-state index is 8.94. The quantitative estimate of drug-likeness (QED) is 0.648. The number of nitriles is 1. The van der Waals surface area contributed by atoms with Crippen LogP contribution in [0.5, 0.6) is 0 Å². The number of aryl methyl sites for hydroxylation is 1. The molecule has 0 aliphatic rings. The summed E-state index contributed by atoms with van der Waals surface area (Å²) >= 11 is 0. The number of imidazole rings is 1. The zero-order chi connectivity index (χ0) is 12.5. The van der Waals surface area contributed by atoms with Gasteiger partial charge >= 0.3 is 0 Å². The average Bonchev–Trinajstić information content (AvgIpc) is 2.77. The molecule has 18 heavy (non-hydrogen) atoms. The maximum Gasteiger partial charge on any atom is 0.140 e. The molecular formula is C15H11N3. The van der Waals surface area contributed by atoms with Crippen LogP contribution in [0.1, 0.15) is 5.56 Å². The van der Waals surface area contributed by atoms with Crippen LogP contribution in [-0.4, -0.2) is 9.55 Å². The molecule has 3 rings (SSSR count). The Morgan fingerprint density at radius 1 is 1.11 bits per heavy atom. The van der Waals surface area contributed by atoms with Crippen molar-refractivity contribution in [2.24, 2.45) is 7.05 Å². The largest absolute Gasteiger partial charge is 0.327 e. The summed E-state index contributed by atoms with van der Waals surface area (Å²) in [5.74, 6) is 0.883. The van der Waals surface area contributed by atoms with Crippen LogP contribution in [0.4, 0.5) is 0 Å². The van der Waals surface area contributed by atoms with E-state index in [0.717, 1.165) is 22.4 Å². The van der Waals surface area contributed by atoms with Crippen molar-refractivity contribution in [3.05, 3.63) is 54.1 Å². The fourth-order valence-electron chi connectivity index (χ4n) is 2.13. The smallest absolute Gasteiger partial charge is 0.140 e. The van der Waals surface area contributed by atoms with Crippen LogP contribution in [0.3, 0.4) is 0 Å². The van der Waals surface area contributed by atoms with Gasteiger partial charge < -0.3 is 4.57 Å². The lowest BCUT2D eigenvalue weighted by molar-refractivity contribution is 0.959. The van der Waals surface area contributed by atoms with Gasteiger partial charge in [-0.05, 0) is 24.3 Å². The lowest BCUT2D eigenvalue weighted by Gasteiger charge is -2.02. The molecule has 0 N–H and O–H groups in total. The highest BCUT2D eigenvalue weighted by molar-refractivity contribution is 5.80. The van der Waals surface area contributed by atoms with Gasteiger partial charge in [-0.3, -0.25) is 0 Å². The van der Waals surface area contributed by atoms with Gasteiger partial charge in [-0.2, -0.15) is 5.26 Å². The molecule has 3 nitrogen and oxygen atoms in total. The predicted molar refractivity (Wildman–Crippen MR) is 70.9 cm³/mol. The lowest BCUT2D eigenvalue weighted by Crippen LogP contribution is -1.92. The highest BCUT2D eigenvalue weighted by Gasteiger charge is 2.09. The molecule has 3 heteroatoms. The van der Waals surface area contributed by atoms with Crippen LogP contribution in [0.15, 0.2) is 48.5 Å². The minimum Gasteiger partial charge on any atom is -0.327 e. The van der Waals surface area contributed by atoms with E-state index < -0.39 is 0 Å². The van der Waals surface area contributed by atoms with E-state index in [1.165, 1.54) is 0 Å². The highest BCUT2D eigenvalue weighted by atomic mass is 15.1. The van der Waals surface area contributed by atoms with Crippen molar-refractivity contribution in [2.75, 3.05) is 0 Å². The number of aromatic nitrogens is 2. The summed E-state index contributed by atoms with van der Waals surface area (Å²) in [6, 6.07) is 17.7. The van der Waals surface area contributed by atoms with Crippen LogP contribution in [0.25, 0.3) is 22.4 Å². The van der Waals surface area contributed by atoms with Crippen LogP contribution >= 0.6 is 0 Å². The molecule has 1 aromatic heterocycles. The van der Waals surface area contributed by atoms with Crippen molar-refractivity contribution in [3.63, 3.8) is 0 Å². The van der Waals surface area contributed by atoms with E-state index >= 15 is 0 Å². The Bertz CT molecular complexity index is 763. The topological polar surface area (TPSA) is 41.6 Å². The number of benzene rings is 2. The van der Waals surface area contributed by atoms with Gasteiger partial charge in [0.1, 0.15) is 5.82 Å². The molecule has 0 fully saturated rings. The minimum absolute atomic E-state index is 0.652. The Labute approximate surface area is 105 Å². The van der Waals surface area contributed by atoms with E-state index in [0.29, 0.717) is 5.56 Å². The zero-order valence-electron chi connectivity index (χ0n) is 9.96. The Balaban J connectivity index is 2.25. The summed E-state index contributed by atoms with van der Waals surface area (Å²) in [6.45, 7) is 0. The monoisotopic (exact) mass is 233 g/mol. The number of rotatable bonds is 1. The van der Waals surface area contributed by atoms with Crippen LogP contribution < -0.4 is 0 Å². The number of hydrogen-bond donors (Lipinski definition) is 0. The highest BCUT2D eigenvalue weighted by Crippen LogP contribution is 2.23. The van der Waals surface area contributed by atoms with E-state index in [-0.39, 0.29) is 0 Å². The fraction of sp³-hybridized carbons (Fsp3) is 0.0667. The third-order valence-electron chi connectivity index (χ3n) is 3.04. The number of para-hydroxylation sites is 2. The van der Waals surface area contributed by atoms with Gasteiger partial charge in [0.2, 0.25) is 0 Å². The zero-order valence-corrected chi connectivity index (χ0v) is 9.96. The second-order valence-electron chi connectivity index (χ2n) is 4.18. The van der Waals surface area contributed by atoms with Crippen LogP contribution in [0, 0.1) is 11.3 Å². The molecule has 3 aromatic rings. The average molecular weight is 233 g/mol. The summed E-state index contributed by atoms with van der Waals surface area (Å²) < 4.78 is 2.05. The van der Waals surface area contributed by atoms with E-state index in [2.05, 4.69) is 11.1 Å². The number of hydrogen-bond acceptors (Lipinski definition) is 2. The molecule has 0 radical (unpaired) electrons. The van der Waals surface area contributed by atoms with Crippen LogP contribution in [-0.2, 0) is 7.05 Å². The van der Waals surface area contributed by atoms with Crippen molar-refractivity contribution >= 4 is 11.0 Å². The van der Waals surface area contributed by atoms with Gasteiger partial charge in [0.15, 0.2) is 0 Å². The first kappa shape index (κ1) is 10.5. The van der Waals surface area contributed by atoms with Gasteiger partial charge in [-0.25, -0.2) is 4.98 Å². The van der Waals surface area contributed by atoms with Gasteiger partial charge in [-0.15, -0.1) is 0 Å². The van der Waals surface area contributed by atoms with Gasteiger partial charge in [0, 0.05) is 12.6 Å². The molecule has 1 heterocycles. The third kappa shape index (κ3) is 1.56. The van der Waals surface area contributed by atoms with Crippen molar-refractivity contribution in [2.45, 2.75) is 0 Å². The first-order valence-corrected chi connectivity index (χ1v) is 5.71. The second kappa shape index (κ2) is 4.01. The Hall–Kier alpha value is -2.60. The SMILES string of the molecule is Cn1c(-c2cccc(C#N)c2)nc2ccccc21. The molecule has 0 amide bonds. The van der Waals surface area contributed by atoms with E-state index in [1.54, 1.807) is 6.07 Å². The fourth-order valence-corrected chi connectivity index (χ4v) is 2.13. The molecule has 0 atom stereocenters. The summed E-state index contributed by atoms with van der Waals surface area (Å²) in [4.78, 5) is 4.61.